The molecular weight excluding hydrogens is 476 g/mol. The normalized spacial score (nSPS) is 17.3. The first-order valence-electron chi connectivity index (χ1n) is 11.9. The van der Waals surface area contributed by atoms with E-state index in [1.807, 2.05) is 69.3 Å². The van der Waals surface area contributed by atoms with Gasteiger partial charge in [0, 0.05) is 17.3 Å². The quantitative estimate of drug-likeness (QED) is 0.432. The molecular formula is C27H32N4O4S. The standard InChI is InChI=1S/C27H32N4O4S/c1-5-18-22(25(33)29-19-13-9-7-11-16(19)3)24(28)31-27(36-15-21(32)35-6-2)23(18)26(34)30-20-14-10-8-12-17(20)4/h7-14,18,22H,5-6,15H2,1-4H3,(H2,28,31)(H,29,33)(H,30,34). The minimum Gasteiger partial charge on any atom is -0.465 e. The molecule has 0 aromatic heterocycles. The summed E-state index contributed by atoms with van der Waals surface area (Å²) in [5.41, 5.74) is 9.78. The molecule has 9 heteroatoms. The Balaban J connectivity index is 1.98. The number of amidine groups is 1. The number of aliphatic imine (C=N–C) groups is 1. The van der Waals surface area contributed by atoms with Crippen LogP contribution in [0.15, 0.2) is 64.1 Å². The van der Waals surface area contributed by atoms with Gasteiger partial charge in [-0.15, -0.1) is 0 Å². The van der Waals surface area contributed by atoms with Gasteiger partial charge in [0.1, 0.15) is 16.8 Å². The first-order valence-corrected chi connectivity index (χ1v) is 12.8. The third-order valence-electron chi connectivity index (χ3n) is 5.95. The maximum absolute atomic E-state index is 13.6. The Hall–Kier alpha value is -3.59. The summed E-state index contributed by atoms with van der Waals surface area (Å²) in [6.07, 6.45) is 0.460. The van der Waals surface area contributed by atoms with Crippen molar-refractivity contribution >= 4 is 46.8 Å². The van der Waals surface area contributed by atoms with E-state index in [0.29, 0.717) is 28.4 Å². The first-order chi connectivity index (χ1) is 17.3. The Kier molecular flexibility index (Phi) is 9.30. The summed E-state index contributed by atoms with van der Waals surface area (Å²) >= 11 is 1.08. The lowest BCUT2D eigenvalue weighted by Gasteiger charge is -2.31. The zero-order chi connectivity index (χ0) is 26.2. The van der Waals surface area contributed by atoms with Crippen molar-refractivity contribution in [3.05, 3.63) is 70.3 Å². The Labute approximate surface area is 215 Å². The molecule has 0 radical (unpaired) electrons. The van der Waals surface area contributed by atoms with Crippen LogP contribution in [0.3, 0.4) is 0 Å². The van der Waals surface area contributed by atoms with E-state index >= 15 is 0 Å². The molecule has 1 heterocycles. The number of carbonyl (C=O) groups excluding carboxylic acids is 3. The van der Waals surface area contributed by atoms with Crippen molar-refractivity contribution < 1.29 is 19.1 Å². The predicted octanol–water partition coefficient (Wildman–Crippen LogP) is 4.40. The van der Waals surface area contributed by atoms with Gasteiger partial charge in [0.25, 0.3) is 5.91 Å². The summed E-state index contributed by atoms with van der Waals surface area (Å²) in [5, 5.41) is 6.21. The molecule has 0 saturated carbocycles. The van der Waals surface area contributed by atoms with Crippen molar-refractivity contribution in [1.29, 1.82) is 0 Å². The van der Waals surface area contributed by atoms with E-state index in [9.17, 15) is 14.4 Å². The number of rotatable bonds is 9. The third-order valence-corrected chi connectivity index (χ3v) is 6.91. The fraction of sp³-hybridized carbons (Fsp3) is 0.333. The summed E-state index contributed by atoms with van der Waals surface area (Å²) in [7, 11) is 0. The second kappa shape index (κ2) is 12.4. The topological polar surface area (TPSA) is 123 Å². The average Bonchev–Trinajstić information content (AvgIpc) is 2.85. The number of amides is 2. The lowest BCUT2D eigenvalue weighted by Crippen LogP contribution is -2.44. The van der Waals surface area contributed by atoms with Gasteiger partial charge in [-0.3, -0.25) is 14.4 Å². The van der Waals surface area contributed by atoms with Crippen molar-refractivity contribution in [3.63, 3.8) is 0 Å². The number of nitrogens with two attached hydrogens (primary N) is 1. The second-order valence-corrected chi connectivity index (χ2v) is 9.38. The van der Waals surface area contributed by atoms with E-state index in [-0.39, 0.29) is 30.0 Å². The average molecular weight is 509 g/mol. The number of benzene rings is 2. The summed E-state index contributed by atoms with van der Waals surface area (Å²) in [6.45, 7) is 7.67. The number of nitrogens with one attached hydrogen (secondary N) is 2. The molecule has 4 N–H and O–H groups in total. The largest absolute Gasteiger partial charge is 0.465 e. The van der Waals surface area contributed by atoms with Gasteiger partial charge in [0.15, 0.2) is 0 Å². The Morgan fingerprint density at radius 1 is 0.972 bits per heavy atom. The van der Waals surface area contributed by atoms with E-state index in [1.165, 1.54) is 0 Å². The Morgan fingerprint density at radius 2 is 1.56 bits per heavy atom. The number of aryl methyl sites for hydroxylation is 2. The second-order valence-electron chi connectivity index (χ2n) is 8.41. The fourth-order valence-electron chi connectivity index (χ4n) is 4.07. The van der Waals surface area contributed by atoms with Gasteiger partial charge in [-0.1, -0.05) is 55.1 Å². The maximum Gasteiger partial charge on any atom is 0.316 e. The highest BCUT2D eigenvalue weighted by Gasteiger charge is 2.41. The zero-order valence-corrected chi connectivity index (χ0v) is 21.8. The SMILES string of the molecule is CCOC(=O)CSC1=C(C(=O)Nc2ccccc2C)C(CC)C(C(=O)Nc2ccccc2C)C(N)=N1. The molecule has 0 spiro atoms. The van der Waals surface area contributed by atoms with Crippen molar-refractivity contribution in [2.24, 2.45) is 22.6 Å². The first kappa shape index (κ1) is 27.0. The maximum atomic E-state index is 13.6. The number of esters is 1. The zero-order valence-electron chi connectivity index (χ0n) is 21.0. The van der Waals surface area contributed by atoms with E-state index in [2.05, 4.69) is 15.6 Å². The minimum atomic E-state index is -0.848. The highest BCUT2D eigenvalue weighted by atomic mass is 32.2. The van der Waals surface area contributed by atoms with Crippen LogP contribution in [-0.4, -0.2) is 36.0 Å². The highest BCUT2D eigenvalue weighted by Crippen LogP contribution is 2.38. The van der Waals surface area contributed by atoms with Crippen LogP contribution >= 0.6 is 11.8 Å². The highest BCUT2D eigenvalue weighted by molar-refractivity contribution is 8.03. The number of para-hydroxylation sites is 2. The predicted molar refractivity (Wildman–Crippen MR) is 145 cm³/mol. The van der Waals surface area contributed by atoms with E-state index in [1.54, 1.807) is 6.92 Å². The molecule has 1 aliphatic rings. The minimum absolute atomic E-state index is 0.0302. The molecule has 3 rings (SSSR count). The van der Waals surface area contributed by atoms with Crippen LogP contribution in [0.2, 0.25) is 0 Å². The summed E-state index contributed by atoms with van der Waals surface area (Å²) < 4.78 is 5.03. The molecule has 2 atom stereocenters. The Morgan fingerprint density at radius 3 is 2.11 bits per heavy atom. The monoisotopic (exact) mass is 508 g/mol. The molecule has 0 aliphatic carbocycles. The molecule has 8 nitrogen and oxygen atoms in total. The lowest BCUT2D eigenvalue weighted by molar-refractivity contribution is -0.139. The number of thioether (sulfide) groups is 1. The summed E-state index contributed by atoms with van der Waals surface area (Å²) in [5.74, 6) is -2.46. The van der Waals surface area contributed by atoms with Crippen molar-refractivity contribution in [2.75, 3.05) is 23.0 Å². The van der Waals surface area contributed by atoms with Crippen LogP contribution < -0.4 is 16.4 Å². The van der Waals surface area contributed by atoms with Gasteiger partial charge in [0.2, 0.25) is 5.91 Å². The smallest absolute Gasteiger partial charge is 0.316 e. The summed E-state index contributed by atoms with van der Waals surface area (Å²) in [4.78, 5) is 43.5. The molecule has 0 fully saturated rings. The summed E-state index contributed by atoms with van der Waals surface area (Å²) in [6, 6.07) is 14.9. The molecule has 2 unspecified atom stereocenters. The Bertz CT molecular complexity index is 1210. The van der Waals surface area contributed by atoms with Crippen molar-refractivity contribution in [1.82, 2.24) is 0 Å². The van der Waals surface area contributed by atoms with E-state index < -0.39 is 17.8 Å². The van der Waals surface area contributed by atoms with Crippen molar-refractivity contribution in [3.8, 4) is 0 Å². The van der Waals surface area contributed by atoms with Crippen LogP contribution in [0.5, 0.6) is 0 Å². The number of ether oxygens (including phenoxy) is 1. The van der Waals surface area contributed by atoms with Gasteiger partial charge < -0.3 is 21.1 Å². The van der Waals surface area contributed by atoms with E-state index in [4.69, 9.17) is 10.5 Å². The van der Waals surface area contributed by atoms with E-state index in [0.717, 1.165) is 22.9 Å². The van der Waals surface area contributed by atoms with Crippen LogP contribution in [-0.2, 0) is 19.1 Å². The molecule has 2 amide bonds. The molecule has 190 valence electrons. The van der Waals surface area contributed by atoms with Crippen LogP contribution in [0.4, 0.5) is 11.4 Å². The number of nitrogens with zero attached hydrogens (tertiary/aromatic N) is 1. The molecule has 2 aromatic carbocycles. The van der Waals surface area contributed by atoms with Gasteiger partial charge >= 0.3 is 5.97 Å². The van der Waals surface area contributed by atoms with Crippen molar-refractivity contribution in [2.45, 2.75) is 34.1 Å². The molecule has 36 heavy (non-hydrogen) atoms. The van der Waals surface area contributed by atoms with Crippen LogP contribution in [0.1, 0.15) is 31.4 Å². The van der Waals surface area contributed by atoms with Crippen LogP contribution in [0.25, 0.3) is 0 Å². The van der Waals surface area contributed by atoms with Gasteiger partial charge in [0.05, 0.1) is 17.9 Å². The van der Waals surface area contributed by atoms with Gasteiger partial charge in [-0.05, 0) is 50.5 Å². The lowest BCUT2D eigenvalue weighted by atomic mass is 9.80. The number of hydrogen-bond donors (Lipinski definition) is 3. The molecule has 0 saturated heterocycles. The number of anilines is 2. The van der Waals surface area contributed by atoms with Gasteiger partial charge in [-0.2, -0.15) is 0 Å². The molecule has 0 bridgehead atoms. The molecule has 1 aliphatic heterocycles. The molecule has 2 aromatic rings. The van der Waals surface area contributed by atoms with Crippen LogP contribution in [0, 0.1) is 25.7 Å². The fourth-order valence-corrected chi connectivity index (χ4v) is 4.97. The third kappa shape index (κ3) is 6.34. The number of hydrogen-bond acceptors (Lipinski definition) is 7. The number of carbonyl (C=O) groups is 3. The van der Waals surface area contributed by atoms with Gasteiger partial charge in [-0.25, -0.2) is 4.99 Å².